The standard InChI is InChI=1S/C10H9ClF3NO4S/c1-19-9(16)8-4-7(11)3-2-6(8)5-15-20(17,18)10(12,13)14/h2-4,15H,5H2,1H3. The molecule has 5 nitrogen and oxygen atoms in total. The summed E-state index contributed by atoms with van der Waals surface area (Å²) in [6, 6.07) is 3.71. The molecule has 0 atom stereocenters. The Hall–Kier alpha value is -1.32. The van der Waals surface area contributed by atoms with E-state index < -0.39 is 28.0 Å². The lowest BCUT2D eigenvalue weighted by atomic mass is 10.1. The second kappa shape index (κ2) is 5.98. The topological polar surface area (TPSA) is 72.5 Å². The zero-order chi connectivity index (χ0) is 15.6. The highest BCUT2D eigenvalue weighted by molar-refractivity contribution is 7.90. The maximum absolute atomic E-state index is 12.2. The molecule has 0 radical (unpaired) electrons. The van der Waals surface area contributed by atoms with E-state index in [-0.39, 0.29) is 16.1 Å². The van der Waals surface area contributed by atoms with Gasteiger partial charge in [0.1, 0.15) is 0 Å². The second-order valence-corrected chi connectivity index (χ2v) is 5.76. The first-order valence-electron chi connectivity index (χ1n) is 5.01. The Morgan fingerprint density at radius 3 is 2.50 bits per heavy atom. The van der Waals surface area contributed by atoms with Crippen LogP contribution in [-0.2, 0) is 21.3 Å². The molecule has 0 aromatic heterocycles. The summed E-state index contributed by atoms with van der Waals surface area (Å²) in [7, 11) is -4.41. The number of esters is 1. The minimum atomic E-state index is -5.49. The smallest absolute Gasteiger partial charge is 0.465 e. The van der Waals surface area contributed by atoms with Gasteiger partial charge in [0.05, 0.1) is 12.7 Å². The normalized spacial score (nSPS) is 12.2. The predicted octanol–water partition coefficient (Wildman–Crippen LogP) is 2.07. The van der Waals surface area contributed by atoms with Crippen molar-refractivity contribution < 1.29 is 31.1 Å². The third-order valence-electron chi connectivity index (χ3n) is 2.23. The van der Waals surface area contributed by atoms with Crippen LogP contribution in [0.4, 0.5) is 13.2 Å². The van der Waals surface area contributed by atoms with Gasteiger partial charge in [-0.05, 0) is 17.7 Å². The molecule has 1 aromatic carbocycles. The van der Waals surface area contributed by atoms with Crippen molar-refractivity contribution in [2.45, 2.75) is 12.1 Å². The number of ether oxygens (including phenoxy) is 1. The average Bonchev–Trinajstić information content (AvgIpc) is 2.35. The largest absolute Gasteiger partial charge is 0.511 e. The zero-order valence-electron chi connectivity index (χ0n) is 9.99. The van der Waals surface area contributed by atoms with Crippen LogP contribution in [0.3, 0.4) is 0 Å². The molecular formula is C10H9ClF3NO4S. The summed E-state index contributed by atoms with van der Waals surface area (Å²) in [6.07, 6.45) is 0. The van der Waals surface area contributed by atoms with E-state index in [1.165, 1.54) is 22.9 Å². The third kappa shape index (κ3) is 3.84. The van der Waals surface area contributed by atoms with Gasteiger partial charge in [-0.2, -0.15) is 13.2 Å². The molecule has 0 aliphatic rings. The molecule has 0 heterocycles. The minimum absolute atomic E-state index is 0.00840. The molecule has 1 rings (SSSR count). The number of benzene rings is 1. The van der Waals surface area contributed by atoms with Crippen molar-refractivity contribution in [3.8, 4) is 0 Å². The van der Waals surface area contributed by atoms with Crippen LogP contribution in [0.15, 0.2) is 18.2 Å². The lowest BCUT2D eigenvalue weighted by Gasteiger charge is -2.11. The van der Waals surface area contributed by atoms with Gasteiger partial charge in [-0.15, -0.1) is 0 Å². The van der Waals surface area contributed by atoms with Crippen LogP contribution in [0.5, 0.6) is 0 Å². The van der Waals surface area contributed by atoms with Crippen LogP contribution in [0.2, 0.25) is 5.02 Å². The van der Waals surface area contributed by atoms with Crippen molar-refractivity contribution in [1.82, 2.24) is 4.72 Å². The summed E-state index contributed by atoms with van der Waals surface area (Å²) in [4.78, 5) is 11.4. The van der Waals surface area contributed by atoms with Crippen molar-refractivity contribution in [1.29, 1.82) is 0 Å². The van der Waals surface area contributed by atoms with Crippen molar-refractivity contribution >= 4 is 27.6 Å². The quantitative estimate of drug-likeness (QED) is 0.857. The summed E-state index contributed by atoms with van der Waals surface area (Å²) in [5, 5.41) is 0.160. The number of hydrogen-bond donors (Lipinski definition) is 1. The number of halogens is 4. The number of nitrogens with one attached hydrogen (secondary N) is 1. The van der Waals surface area contributed by atoms with Crippen LogP contribution in [0, 0.1) is 0 Å². The highest BCUT2D eigenvalue weighted by atomic mass is 35.5. The van der Waals surface area contributed by atoms with Gasteiger partial charge in [0.2, 0.25) is 0 Å². The van der Waals surface area contributed by atoms with E-state index in [1.807, 2.05) is 0 Å². The molecular weight excluding hydrogens is 323 g/mol. The monoisotopic (exact) mass is 331 g/mol. The second-order valence-electron chi connectivity index (χ2n) is 3.56. The van der Waals surface area contributed by atoms with Gasteiger partial charge in [0.25, 0.3) is 0 Å². The Bertz CT molecular complexity index is 615. The summed E-state index contributed by atoms with van der Waals surface area (Å²) >= 11 is 5.65. The molecule has 112 valence electrons. The van der Waals surface area contributed by atoms with Crippen molar-refractivity contribution in [3.63, 3.8) is 0 Å². The van der Waals surface area contributed by atoms with Gasteiger partial charge in [-0.3, -0.25) is 0 Å². The molecule has 0 aliphatic carbocycles. The maximum Gasteiger partial charge on any atom is 0.511 e. The lowest BCUT2D eigenvalue weighted by molar-refractivity contribution is -0.0448. The van der Waals surface area contributed by atoms with Gasteiger partial charge in [-0.25, -0.2) is 17.9 Å². The molecule has 1 N–H and O–H groups in total. The highest BCUT2D eigenvalue weighted by Crippen LogP contribution is 2.23. The first-order valence-corrected chi connectivity index (χ1v) is 6.87. The molecule has 0 unspecified atom stereocenters. The third-order valence-corrected chi connectivity index (χ3v) is 3.60. The number of sulfonamides is 1. The number of rotatable bonds is 4. The van der Waals surface area contributed by atoms with Gasteiger partial charge in [-0.1, -0.05) is 17.7 Å². The van der Waals surface area contributed by atoms with Crippen LogP contribution in [-0.4, -0.2) is 27.0 Å². The average molecular weight is 332 g/mol. The zero-order valence-corrected chi connectivity index (χ0v) is 11.6. The number of carbonyl (C=O) groups is 1. The molecule has 0 saturated carbocycles. The van der Waals surface area contributed by atoms with Gasteiger partial charge in [0, 0.05) is 11.6 Å². The molecule has 0 spiro atoms. The Labute approximate surface area is 117 Å². The van der Waals surface area contributed by atoms with Gasteiger partial charge >= 0.3 is 21.5 Å². The van der Waals surface area contributed by atoms with E-state index in [4.69, 9.17) is 11.6 Å². The first-order chi connectivity index (χ1) is 9.08. The van der Waals surface area contributed by atoms with E-state index >= 15 is 0 Å². The number of methoxy groups -OCH3 is 1. The van der Waals surface area contributed by atoms with Crippen molar-refractivity contribution in [2.24, 2.45) is 0 Å². The fourth-order valence-electron chi connectivity index (χ4n) is 1.26. The van der Waals surface area contributed by atoms with Crippen LogP contribution in [0.1, 0.15) is 15.9 Å². The molecule has 0 fully saturated rings. The Morgan fingerprint density at radius 2 is 2.00 bits per heavy atom. The van der Waals surface area contributed by atoms with Gasteiger partial charge in [0.15, 0.2) is 0 Å². The molecule has 0 amide bonds. The fourth-order valence-corrected chi connectivity index (χ4v) is 1.94. The van der Waals surface area contributed by atoms with Gasteiger partial charge < -0.3 is 4.74 Å². The van der Waals surface area contributed by atoms with Crippen LogP contribution >= 0.6 is 11.6 Å². The fraction of sp³-hybridized carbons (Fsp3) is 0.300. The summed E-state index contributed by atoms with van der Waals surface area (Å²) in [6.45, 7) is -0.719. The summed E-state index contributed by atoms with van der Waals surface area (Å²) in [5.74, 6) is -0.839. The molecule has 0 saturated heterocycles. The minimum Gasteiger partial charge on any atom is -0.465 e. The van der Waals surface area contributed by atoms with Crippen molar-refractivity contribution in [3.05, 3.63) is 34.3 Å². The highest BCUT2D eigenvalue weighted by Gasteiger charge is 2.45. The Kier molecular flexibility index (Phi) is 5.00. The predicted molar refractivity (Wildman–Crippen MR) is 64.6 cm³/mol. The molecule has 1 aromatic rings. The van der Waals surface area contributed by atoms with E-state index in [0.717, 1.165) is 7.11 Å². The Balaban J connectivity index is 3.03. The van der Waals surface area contributed by atoms with Crippen molar-refractivity contribution in [2.75, 3.05) is 7.11 Å². The summed E-state index contributed by atoms with van der Waals surface area (Å²) < 4.78 is 64.0. The first kappa shape index (κ1) is 16.7. The van der Waals surface area contributed by atoms with Crippen LogP contribution < -0.4 is 4.72 Å². The maximum atomic E-state index is 12.2. The molecule has 10 heteroatoms. The molecule has 20 heavy (non-hydrogen) atoms. The number of alkyl halides is 3. The SMILES string of the molecule is COC(=O)c1cc(Cl)ccc1CNS(=O)(=O)C(F)(F)F. The summed E-state index contributed by atoms with van der Waals surface area (Å²) in [5.41, 5.74) is -5.54. The van der Waals surface area contributed by atoms with Crippen LogP contribution in [0.25, 0.3) is 0 Å². The van der Waals surface area contributed by atoms with E-state index in [2.05, 4.69) is 4.74 Å². The molecule has 0 aliphatic heterocycles. The Morgan fingerprint density at radius 1 is 1.40 bits per heavy atom. The number of hydrogen-bond acceptors (Lipinski definition) is 4. The van der Waals surface area contributed by atoms with E-state index in [9.17, 15) is 26.4 Å². The van der Waals surface area contributed by atoms with E-state index in [1.54, 1.807) is 0 Å². The molecule has 0 bridgehead atoms. The van der Waals surface area contributed by atoms with E-state index in [0.29, 0.717) is 0 Å². The lowest BCUT2D eigenvalue weighted by Crippen LogP contribution is -2.36. The number of carbonyl (C=O) groups excluding carboxylic acids is 1.